The van der Waals surface area contributed by atoms with Crippen LogP contribution in [0.4, 0.5) is 0 Å². The number of thioether (sulfide) groups is 1. The van der Waals surface area contributed by atoms with E-state index < -0.39 is 0 Å². The van der Waals surface area contributed by atoms with E-state index in [0.717, 1.165) is 25.3 Å². The number of nitrogens with two attached hydrogens (primary N) is 1. The van der Waals surface area contributed by atoms with Crippen LogP contribution in [0.1, 0.15) is 6.42 Å². The summed E-state index contributed by atoms with van der Waals surface area (Å²) in [6, 6.07) is 10.5. The molecule has 0 fully saturated rings. The van der Waals surface area contributed by atoms with Gasteiger partial charge in [0.25, 0.3) is 0 Å². The molecule has 0 bridgehead atoms. The highest BCUT2D eigenvalue weighted by Gasteiger charge is 1.99. The fourth-order valence-electron chi connectivity index (χ4n) is 1.25. The van der Waals surface area contributed by atoms with Crippen LogP contribution in [0.3, 0.4) is 0 Å². The largest absolute Gasteiger partial charge is 0.393 e. The minimum absolute atomic E-state index is 0.600. The quantitative estimate of drug-likeness (QED) is 0.597. The number of nitrogens with zero attached hydrogens (tertiary/aromatic N) is 1. The molecule has 1 aromatic rings. The van der Waals surface area contributed by atoms with Crippen molar-refractivity contribution in [2.75, 3.05) is 25.9 Å². The van der Waals surface area contributed by atoms with Crippen LogP contribution < -0.4 is 5.73 Å². The molecule has 1 rings (SSSR count). The lowest BCUT2D eigenvalue weighted by Crippen LogP contribution is -2.25. The molecule has 0 saturated heterocycles. The van der Waals surface area contributed by atoms with Gasteiger partial charge in [-0.25, -0.2) is 0 Å². The minimum atomic E-state index is 0.600. The highest BCUT2D eigenvalue weighted by atomic mass is 32.2. The summed E-state index contributed by atoms with van der Waals surface area (Å²) < 4.78 is 0. The lowest BCUT2D eigenvalue weighted by atomic mass is 10.4. The Hall–Kier alpha value is -0.580. The highest BCUT2D eigenvalue weighted by molar-refractivity contribution is 7.99. The molecule has 0 radical (unpaired) electrons. The third kappa shape index (κ3) is 6.10. The predicted molar refractivity (Wildman–Crippen MR) is 76.1 cm³/mol. The summed E-state index contributed by atoms with van der Waals surface area (Å²) in [6.07, 6.45) is 0.807. The number of rotatable bonds is 7. The molecule has 2 N–H and O–H groups in total. The fourth-order valence-corrected chi connectivity index (χ4v) is 2.33. The Morgan fingerprint density at radius 1 is 1.31 bits per heavy atom. The first-order chi connectivity index (χ1) is 7.68. The monoisotopic (exact) mass is 254 g/mol. The Balaban J connectivity index is 2.13. The summed E-state index contributed by atoms with van der Waals surface area (Å²) >= 11 is 6.73. The van der Waals surface area contributed by atoms with E-state index in [1.54, 1.807) is 0 Å². The predicted octanol–water partition coefficient (Wildman–Crippen LogP) is 2.39. The molecule has 0 saturated carbocycles. The van der Waals surface area contributed by atoms with Gasteiger partial charge in [0.2, 0.25) is 0 Å². The van der Waals surface area contributed by atoms with Crippen molar-refractivity contribution in [1.82, 2.24) is 4.90 Å². The zero-order chi connectivity index (χ0) is 11.8. The van der Waals surface area contributed by atoms with Gasteiger partial charge in [0, 0.05) is 30.2 Å². The number of hydrogen-bond acceptors (Lipinski definition) is 3. The van der Waals surface area contributed by atoms with Crippen molar-refractivity contribution in [1.29, 1.82) is 0 Å². The second-order valence-corrected chi connectivity index (χ2v) is 5.37. The van der Waals surface area contributed by atoms with Crippen LogP contribution in [0.2, 0.25) is 0 Å². The maximum atomic E-state index is 5.46. The third-order valence-corrected chi connectivity index (χ3v) is 3.42. The van der Waals surface area contributed by atoms with E-state index in [4.69, 9.17) is 18.0 Å². The SMILES string of the molecule is CN(CCSc1ccccc1)CCC(N)=S. The molecule has 2 nitrogen and oxygen atoms in total. The van der Waals surface area contributed by atoms with Gasteiger partial charge in [-0.3, -0.25) is 0 Å². The van der Waals surface area contributed by atoms with E-state index in [9.17, 15) is 0 Å². The molecular formula is C12H18N2S2. The Kier molecular flexibility index (Phi) is 6.45. The van der Waals surface area contributed by atoms with Gasteiger partial charge >= 0.3 is 0 Å². The Morgan fingerprint density at radius 2 is 2.00 bits per heavy atom. The molecule has 0 aromatic heterocycles. The van der Waals surface area contributed by atoms with Gasteiger partial charge in [0.1, 0.15) is 0 Å². The summed E-state index contributed by atoms with van der Waals surface area (Å²) in [5, 5.41) is 0. The van der Waals surface area contributed by atoms with E-state index in [-0.39, 0.29) is 0 Å². The van der Waals surface area contributed by atoms with Gasteiger partial charge in [0.15, 0.2) is 0 Å². The van der Waals surface area contributed by atoms with Crippen molar-refractivity contribution in [2.24, 2.45) is 5.73 Å². The minimum Gasteiger partial charge on any atom is -0.393 e. The average molecular weight is 254 g/mol. The Labute approximate surface area is 107 Å². The summed E-state index contributed by atoms with van der Waals surface area (Å²) in [5.74, 6) is 1.10. The van der Waals surface area contributed by atoms with Gasteiger partial charge in [-0.1, -0.05) is 30.4 Å². The molecule has 0 aliphatic carbocycles. The molecule has 0 aliphatic rings. The number of benzene rings is 1. The van der Waals surface area contributed by atoms with Crippen molar-refractivity contribution in [2.45, 2.75) is 11.3 Å². The Bertz CT molecular complexity index is 314. The van der Waals surface area contributed by atoms with E-state index in [2.05, 4.69) is 36.2 Å². The Morgan fingerprint density at radius 3 is 2.62 bits per heavy atom. The molecule has 0 spiro atoms. The zero-order valence-corrected chi connectivity index (χ0v) is 11.2. The van der Waals surface area contributed by atoms with Crippen LogP contribution in [0, 0.1) is 0 Å². The highest BCUT2D eigenvalue weighted by Crippen LogP contribution is 2.16. The van der Waals surface area contributed by atoms with Crippen LogP contribution in [0.5, 0.6) is 0 Å². The first kappa shape index (κ1) is 13.5. The van der Waals surface area contributed by atoms with Gasteiger partial charge in [-0.2, -0.15) is 0 Å². The maximum absolute atomic E-state index is 5.46. The normalized spacial score (nSPS) is 10.6. The van der Waals surface area contributed by atoms with Crippen LogP contribution in [0.15, 0.2) is 35.2 Å². The summed E-state index contributed by atoms with van der Waals surface area (Å²) in [7, 11) is 2.10. The molecule has 0 aliphatic heterocycles. The first-order valence-electron chi connectivity index (χ1n) is 5.33. The molecule has 1 aromatic carbocycles. The average Bonchev–Trinajstić information content (AvgIpc) is 2.28. The number of hydrogen-bond donors (Lipinski definition) is 1. The topological polar surface area (TPSA) is 29.3 Å². The van der Waals surface area contributed by atoms with E-state index >= 15 is 0 Å². The van der Waals surface area contributed by atoms with Crippen molar-refractivity contribution in [3.8, 4) is 0 Å². The molecule has 16 heavy (non-hydrogen) atoms. The van der Waals surface area contributed by atoms with Crippen molar-refractivity contribution in [3.63, 3.8) is 0 Å². The van der Waals surface area contributed by atoms with Crippen LogP contribution in [-0.2, 0) is 0 Å². The second kappa shape index (κ2) is 7.65. The lowest BCUT2D eigenvalue weighted by molar-refractivity contribution is 0.367. The molecule has 88 valence electrons. The summed E-state index contributed by atoms with van der Waals surface area (Å²) in [4.78, 5) is 4.18. The molecule has 4 heteroatoms. The smallest absolute Gasteiger partial charge is 0.0740 e. The maximum Gasteiger partial charge on any atom is 0.0740 e. The fraction of sp³-hybridized carbons (Fsp3) is 0.417. The van der Waals surface area contributed by atoms with Crippen molar-refractivity contribution >= 4 is 29.0 Å². The number of thiocarbonyl (C=S) groups is 1. The second-order valence-electron chi connectivity index (χ2n) is 3.68. The van der Waals surface area contributed by atoms with E-state index in [1.165, 1.54) is 4.90 Å². The van der Waals surface area contributed by atoms with Crippen LogP contribution >= 0.6 is 24.0 Å². The molecule has 0 atom stereocenters. The lowest BCUT2D eigenvalue weighted by Gasteiger charge is -2.15. The van der Waals surface area contributed by atoms with Crippen LogP contribution in [-0.4, -0.2) is 35.8 Å². The van der Waals surface area contributed by atoms with E-state index in [1.807, 2.05) is 17.8 Å². The zero-order valence-electron chi connectivity index (χ0n) is 9.56. The first-order valence-corrected chi connectivity index (χ1v) is 6.72. The summed E-state index contributed by atoms with van der Waals surface area (Å²) in [5.41, 5.74) is 5.46. The van der Waals surface area contributed by atoms with Gasteiger partial charge < -0.3 is 10.6 Å². The molecule has 0 amide bonds. The van der Waals surface area contributed by atoms with Crippen molar-refractivity contribution in [3.05, 3.63) is 30.3 Å². The summed E-state index contributed by atoms with van der Waals surface area (Å²) in [6.45, 7) is 2.01. The van der Waals surface area contributed by atoms with Crippen LogP contribution in [0.25, 0.3) is 0 Å². The van der Waals surface area contributed by atoms with Gasteiger partial charge in [-0.05, 0) is 19.2 Å². The van der Waals surface area contributed by atoms with E-state index in [0.29, 0.717) is 4.99 Å². The molecule has 0 heterocycles. The van der Waals surface area contributed by atoms with Gasteiger partial charge in [0.05, 0.1) is 4.99 Å². The van der Waals surface area contributed by atoms with Crippen molar-refractivity contribution < 1.29 is 0 Å². The molecular weight excluding hydrogens is 236 g/mol. The standard InChI is InChI=1S/C12H18N2S2/c1-14(8-7-12(13)15)9-10-16-11-5-3-2-4-6-11/h2-6H,7-10H2,1H3,(H2,13,15). The van der Waals surface area contributed by atoms with Gasteiger partial charge in [-0.15, -0.1) is 11.8 Å². The molecule has 0 unspecified atom stereocenters. The third-order valence-electron chi connectivity index (χ3n) is 2.22.